The monoisotopic (exact) mass is 301 g/mol. The summed E-state index contributed by atoms with van der Waals surface area (Å²) in [5.74, 6) is -0.252. The van der Waals surface area contributed by atoms with Gasteiger partial charge in [-0.25, -0.2) is 0 Å². The van der Waals surface area contributed by atoms with Gasteiger partial charge in [-0.05, 0) is 20.8 Å². The molecule has 1 atom stereocenters. The summed E-state index contributed by atoms with van der Waals surface area (Å²) in [5.41, 5.74) is 0. The van der Waals surface area contributed by atoms with Gasteiger partial charge in [-0.3, -0.25) is 14.5 Å². The van der Waals surface area contributed by atoms with Crippen LogP contribution < -0.4 is 5.32 Å². The molecule has 1 fully saturated rings. The van der Waals surface area contributed by atoms with Gasteiger partial charge in [0.15, 0.2) is 0 Å². The van der Waals surface area contributed by atoms with Gasteiger partial charge in [0.1, 0.15) is 0 Å². The number of carbonyl (C=O) groups is 2. The summed E-state index contributed by atoms with van der Waals surface area (Å²) in [6, 6.07) is -0.0878. The second-order valence-corrected chi connectivity index (χ2v) is 5.51. The first-order valence-electron chi connectivity index (χ1n) is 7.47. The lowest BCUT2D eigenvalue weighted by molar-refractivity contribution is -0.139. The molecule has 1 rings (SSSR count). The number of ether oxygens (including phenoxy) is 1. The van der Waals surface area contributed by atoms with E-state index in [0.29, 0.717) is 26.3 Å². The number of hydrogen-bond donors (Lipinski definition) is 2. The molecule has 7 nitrogen and oxygen atoms in total. The van der Waals surface area contributed by atoms with Crippen LogP contribution in [-0.4, -0.2) is 84.8 Å². The fourth-order valence-corrected chi connectivity index (χ4v) is 2.26. The zero-order valence-corrected chi connectivity index (χ0v) is 13.2. The minimum absolute atomic E-state index is 0.0345. The zero-order chi connectivity index (χ0) is 15.8. The van der Waals surface area contributed by atoms with E-state index in [1.165, 1.54) is 4.90 Å². The molecule has 0 saturated carbocycles. The molecular weight excluding hydrogens is 274 g/mol. The molecule has 1 aliphatic rings. The average molecular weight is 301 g/mol. The molecule has 0 aliphatic carbocycles. The Morgan fingerprint density at radius 3 is 2.76 bits per heavy atom. The number of morpholine rings is 1. The molecule has 122 valence electrons. The molecule has 2 N–H and O–H groups in total. The number of nitrogens with zero attached hydrogens (tertiary/aromatic N) is 2. The highest BCUT2D eigenvalue weighted by Crippen LogP contribution is 2.07. The molecule has 1 saturated heterocycles. The Morgan fingerprint density at radius 1 is 1.48 bits per heavy atom. The van der Waals surface area contributed by atoms with E-state index < -0.39 is 0 Å². The number of hydrogen-bond acceptors (Lipinski definition) is 5. The Hall–Kier alpha value is -1.18. The van der Waals surface area contributed by atoms with Crippen molar-refractivity contribution in [2.24, 2.45) is 0 Å². The number of likely N-dealkylation sites (N-methyl/N-ethyl adjacent to an activating group) is 1. The van der Waals surface area contributed by atoms with Gasteiger partial charge in [0.25, 0.3) is 0 Å². The third-order valence-corrected chi connectivity index (χ3v) is 3.42. The third kappa shape index (κ3) is 5.99. The SMILES string of the molecule is CCN(CC(=O)NC(C)C)C(=O)CN1CCOCC1CO. The van der Waals surface area contributed by atoms with Crippen molar-refractivity contribution in [1.29, 1.82) is 0 Å². The number of amides is 2. The molecule has 0 aromatic heterocycles. The molecule has 21 heavy (non-hydrogen) atoms. The maximum atomic E-state index is 12.3. The Bertz CT molecular complexity index is 349. The van der Waals surface area contributed by atoms with E-state index >= 15 is 0 Å². The van der Waals surface area contributed by atoms with Crippen molar-refractivity contribution < 1.29 is 19.4 Å². The standard InChI is InChI=1S/C14H27N3O4/c1-4-16(7-13(19)15-11(2)3)14(20)8-17-5-6-21-10-12(17)9-18/h11-12,18H,4-10H2,1-3H3,(H,15,19). The van der Waals surface area contributed by atoms with Crippen molar-refractivity contribution in [3.8, 4) is 0 Å². The molecule has 0 bridgehead atoms. The van der Waals surface area contributed by atoms with E-state index in [-0.39, 0.29) is 43.6 Å². The molecular formula is C14H27N3O4. The molecule has 0 spiro atoms. The predicted octanol–water partition coefficient (Wildman–Crippen LogP) is -0.947. The minimum Gasteiger partial charge on any atom is -0.395 e. The quantitative estimate of drug-likeness (QED) is 0.634. The topological polar surface area (TPSA) is 82.1 Å². The van der Waals surface area contributed by atoms with Crippen LogP contribution in [0.25, 0.3) is 0 Å². The number of nitrogens with one attached hydrogen (secondary N) is 1. The number of aliphatic hydroxyl groups excluding tert-OH is 1. The second kappa shape index (κ2) is 8.96. The highest BCUT2D eigenvalue weighted by Gasteiger charge is 2.26. The summed E-state index contributed by atoms with van der Waals surface area (Å²) < 4.78 is 5.29. The first-order chi connectivity index (χ1) is 9.97. The highest BCUT2D eigenvalue weighted by molar-refractivity contribution is 5.85. The fourth-order valence-electron chi connectivity index (χ4n) is 2.26. The maximum absolute atomic E-state index is 12.3. The van der Waals surface area contributed by atoms with Crippen LogP contribution in [-0.2, 0) is 14.3 Å². The van der Waals surface area contributed by atoms with Crippen LogP contribution in [0, 0.1) is 0 Å². The number of aliphatic hydroxyl groups is 1. The van der Waals surface area contributed by atoms with Gasteiger partial charge < -0.3 is 20.1 Å². The summed E-state index contributed by atoms with van der Waals surface area (Å²) in [6.07, 6.45) is 0. The van der Waals surface area contributed by atoms with Crippen LogP contribution in [0.3, 0.4) is 0 Å². The summed E-state index contributed by atoms with van der Waals surface area (Å²) in [7, 11) is 0. The molecule has 0 aromatic carbocycles. The van der Waals surface area contributed by atoms with Gasteiger partial charge in [0, 0.05) is 19.1 Å². The fraction of sp³-hybridized carbons (Fsp3) is 0.857. The van der Waals surface area contributed by atoms with Gasteiger partial charge in [0.2, 0.25) is 11.8 Å². The zero-order valence-electron chi connectivity index (χ0n) is 13.2. The van der Waals surface area contributed by atoms with E-state index in [2.05, 4.69) is 5.32 Å². The first-order valence-corrected chi connectivity index (χ1v) is 7.47. The number of carbonyl (C=O) groups excluding carboxylic acids is 2. The molecule has 1 heterocycles. The van der Waals surface area contributed by atoms with Crippen molar-refractivity contribution in [2.45, 2.75) is 32.9 Å². The van der Waals surface area contributed by atoms with E-state index in [4.69, 9.17) is 4.74 Å². The third-order valence-electron chi connectivity index (χ3n) is 3.42. The second-order valence-electron chi connectivity index (χ2n) is 5.51. The lowest BCUT2D eigenvalue weighted by atomic mass is 10.2. The number of rotatable bonds is 7. The molecule has 1 unspecified atom stereocenters. The van der Waals surface area contributed by atoms with Crippen LogP contribution >= 0.6 is 0 Å². The summed E-state index contributed by atoms with van der Waals surface area (Å²) >= 11 is 0. The van der Waals surface area contributed by atoms with Crippen LogP contribution in [0.2, 0.25) is 0 Å². The Kier molecular flexibility index (Phi) is 7.63. The van der Waals surface area contributed by atoms with Crippen LogP contribution in [0.15, 0.2) is 0 Å². The van der Waals surface area contributed by atoms with Crippen LogP contribution in [0.5, 0.6) is 0 Å². The van der Waals surface area contributed by atoms with Crippen LogP contribution in [0.4, 0.5) is 0 Å². The van der Waals surface area contributed by atoms with Crippen molar-refractivity contribution in [3.05, 3.63) is 0 Å². The molecule has 0 radical (unpaired) electrons. The molecule has 1 aliphatic heterocycles. The van der Waals surface area contributed by atoms with E-state index in [1.54, 1.807) is 0 Å². The lowest BCUT2D eigenvalue weighted by Gasteiger charge is -2.35. The largest absolute Gasteiger partial charge is 0.395 e. The summed E-state index contributed by atoms with van der Waals surface area (Å²) in [5, 5.41) is 12.1. The van der Waals surface area contributed by atoms with Gasteiger partial charge in [0.05, 0.1) is 39.0 Å². The summed E-state index contributed by atoms with van der Waals surface area (Å²) in [4.78, 5) is 27.5. The van der Waals surface area contributed by atoms with Crippen LogP contribution in [0.1, 0.15) is 20.8 Å². The molecule has 0 aromatic rings. The van der Waals surface area contributed by atoms with Crippen molar-refractivity contribution in [1.82, 2.24) is 15.1 Å². The van der Waals surface area contributed by atoms with Crippen molar-refractivity contribution in [3.63, 3.8) is 0 Å². The first kappa shape index (κ1) is 17.9. The van der Waals surface area contributed by atoms with E-state index in [1.807, 2.05) is 25.7 Å². The van der Waals surface area contributed by atoms with E-state index in [9.17, 15) is 14.7 Å². The minimum atomic E-state index is -0.152. The maximum Gasteiger partial charge on any atom is 0.239 e. The Labute approximate surface area is 126 Å². The predicted molar refractivity (Wildman–Crippen MR) is 78.8 cm³/mol. The van der Waals surface area contributed by atoms with Gasteiger partial charge in [-0.1, -0.05) is 0 Å². The van der Waals surface area contributed by atoms with E-state index in [0.717, 1.165) is 0 Å². The van der Waals surface area contributed by atoms with Gasteiger partial charge in [-0.15, -0.1) is 0 Å². The summed E-state index contributed by atoms with van der Waals surface area (Å²) in [6.45, 7) is 7.96. The Balaban J connectivity index is 2.52. The highest BCUT2D eigenvalue weighted by atomic mass is 16.5. The van der Waals surface area contributed by atoms with Gasteiger partial charge >= 0.3 is 0 Å². The van der Waals surface area contributed by atoms with Crippen molar-refractivity contribution in [2.75, 3.05) is 46.0 Å². The molecule has 2 amide bonds. The average Bonchev–Trinajstić information content (AvgIpc) is 2.44. The Morgan fingerprint density at radius 2 is 2.19 bits per heavy atom. The van der Waals surface area contributed by atoms with Gasteiger partial charge in [-0.2, -0.15) is 0 Å². The normalized spacial score (nSPS) is 19.6. The molecule has 7 heteroatoms. The van der Waals surface area contributed by atoms with Crippen molar-refractivity contribution >= 4 is 11.8 Å². The smallest absolute Gasteiger partial charge is 0.239 e. The lowest BCUT2D eigenvalue weighted by Crippen LogP contribution is -2.53.